The van der Waals surface area contributed by atoms with E-state index in [-0.39, 0.29) is 0 Å². The summed E-state index contributed by atoms with van der Waals surface area (Å²) in [6, 6.07) is 7.49. The molecule has 2 unspecified atom stereocenters. The summed E-state index contributed by atoms with van der Waals surface area (Å²) in [6.07, 6.45) is 5.48. The third-order valence-corrected chi connectivity index (χ3v) is 4.83. The van der Waals surface area contributed by atoms with Crippen LogP contribution in [0.1, 0.15) is 37.7 Å². The van der Waals surface area contributed by atoms with Gasteiger partial charge in [-0.1, -0.05) is 25.0 Å². The summed E-state index contributed by atoms with van der Waals surface area (Å²) >= 11 is 0. The van der Waals surface area contributed by atoms with Crippen LogP contribution in [0.15, 0.2) is 24.3 Å². The van der Waals surface area contributed by atoms with E-state index >= 15 is 0 Å². The molecule has 19 heavy (non-hydrogen) atoms. The Kier molecular flexibility index (Phi) is 3.50. The van der Waals surface area contributed by atoms with Crippen LogP contribution in [0.5, 0.6) is 5.75 Å². The Morgan fingerprint density at radius 3 is 3.00 bits per heavy atom. The number of aromatic hydroxyl groups is 1. The molecule has 3 nitrogen and oxygen atoms in total. The highest BCUT2D eigenvalue weighted by Crippen LogP contribution is 2.40. The molecule has 1 saturated carbocycles. The summed E-state index contributed by atoms with van der Waals surface area (Å²) < 4.78 is 0. The van der Waals surface area contributed by atoms with Crippen LogP contribution in [0.25, 0.3) is 0 Å². The lowest BCUT2D eigenvalue weighted by molar-refractivity contribution is -0.0967. The Labute approximate surface area is 114 Å². The zero-order chi connectivity index (χ0) is 13.3. The van der Waals surface area contributed by atoms with Crippen molar-refractivity contribution in [2.45, 2.75) is 44.2 Å². The number of likely N-dealkylation sites (tertiary alicyclic amines) is 1. The lowest BCUT2D eigenvalue weighted by Crippen LogP contribution is -2.52. The van der Waals surface area contributed by atoms with E-state index < -0.39 is 5.60 Å². The van der Waals surface area contributed by atoms with Crippen LogP contribution < -0.4 is 0 Å². The third-order valence-electron chi connectivity index (χ3n) is 4.83. The lowest BCUT2D eigenvalue weighted by atomic mass is 9.71. The fourth-order valence-corrected chi connectivity index (χ4v) is 3.70. The largest absolute Gasteiger partial charge is 0.508 e. The fourth-order valence-electron chi connectivity index (χ4n) is 3.70. The van der Waals surface area contributed by atoms with Crippen LogP contribution in [0, 0.1) is 5.92 Å². The summed E-state index contributed by atoms with van der Waals surface area (Å²) in [4.78, 5) is 2.42. The normalized spacial score (nSPS) is 31.9. The molecule has 1 heterocycles. The van der Waals surface area contributed by atoms with Gasteiger partial charge in [-0.05, 0) is 37.0 Å². The number of phenolic OH excluding ortho intramolecular Hbond substituents is 1. The Balaban J connectivity index is 1.65. The smallest absolute Gasteiger partial charge is 0.115 e. The summed E-state index contributed by atoms with van der Waals surface area (Å²) in [5.74, 6) is 0.774. The van der Waals surface area contributed by atoms with Crippen molar-refractivity contribution < 1.29 is 10.2 Å². The summed E-state index contributed by atoms with van der Waals surface area (Å²) in [5.41, 5.74) is 0.759. The molecule has 0 amide bonds. The first kappa shape index (κ1) is 12.9. The quantitative estimate of drug-likeness (QED) is 0.859. The molecule has 0 aromatic heterocycles. The molecule has 104 valence electrons. The highest BCUT2D eigenvalue weighted by Gasteiger charge is 2.42. The summed E-state index contributed by atoms with van der Waals surface area (Å²) in [7, 11) is 0. The Hall–Kier alpha value is -1.06. The molecular formula is C16H23NO2. The number of hydrogen-bond acceptors (Lipinski definition) is 3. The minimum atomic E-state index is -0.395. The van der Waals surface area contributed by atoms with Crippen molar-refractivity contribution in [1.82, 2.24) is 4.90 Å². The number of nitrogens with zero attached hydrogens (tertiary/aromatic N) is 1. The van der Waals surface area contributed by atoms with Crippen molar-refractivity contribution in [2.75, 3.05) is 13.1 Å². The molecule has 0 radical (unpaired) electrons. The molecule has 2 aliphatic rings. The topological polar surface area (TPSA) is 43.7 Å². The van der Waals surface area contributed by atoms with E-state index in [4.69, 9.17) is 0 Å². The molecule has 3 rings (SSSR count). The van der Waals surface area contributed by atoms with Crippen LogP contribution in [-0.2, 0) is 6.54 Å². The van der Waals surface area contributed by atoms with Gasteiger partial charge in [0.05, 0.1) is 5.60 Å². The number of rotatable bonds is 2. The minimum absolute atomic E-state index is 0.337. The Morgan fingerprint density at radius 1 is 1.26 bits per heavy atom. The summed E-state index contributed by atoms with van der Waals surface area (Å²) in [6.45, 7) is 2.83. The maximum Gasteiger partial charge on any atom is 0.115 e. The van der Waals surface area contributed by atoms with Gasteiger partial charge in [0.1, 0.15) is 5.75 Å². The van der Waals surface area contributed by atoms with Crippen LogP contribution in [0.2, 0.25) is 0 Å². The predicted molar refractivity (Wildman–Crippen MR) is 74.9 cm³/mol. The predicted octanol–water partition coefficient (Wildman–Crippen LogP) is 2.52. The number of benzene rings is 1. The number of piperidine rings is 1. The second-order valence-corrected chi connectivity index (χ2v) is 6.20. The molecule has 2 N–H and O–H groups in total. The Morgan fingerprint density at radius 2 is 2.16 bits per heavy atom. The van der Waals surface area contributed by atoms with Crippen molar-refractivity contribution in [3.05, 3.63) is 29.8 Å². The van der Waals surface area contributed by atoms with Crippen LogP contribution in [0.4, 0.5) is 0 Å². The molecular weight excluding hydrogens is 238 g/mol. The monoisotopic (exact) mass is 261 g/mol. The summed E-state index contributed by atoms with van der Waals surface area (Å²) in [5, 5.41) is 20.2. The van der Waals surface area contributed by atoms with Gasteiger partial charge in [0.25, 0.3) is 0 Å². The standard InChI is InChI=1S/C16H23NO2/c18-15-6-3-4-13(10-15)11-17-9-8-16(19)7-2-1-5-14(16)12-17/h3-4,6,10,14,18-19H,1-2,5,7-9,11-12H2. The van der Waals surface area contributed by atoms with E-state index in [1.165, 1.54) is 12.8 Å². The first-order chi connectivity index (χ1) is 9.16. The second-order valence-electron chi connectivity index (χ2n) is 6.20. The second kappa shape index (κ2) is 5.14. The highest BCUT2D eigenvalue weighted by molar-refractivity contribution is 5.27. The van der Waals surface area contributed by atoms with Gasteiger partial charge in [0.15, 0.2) is 0 Å². The maximum atomic E-state index is 10.7. The zero-order valence-corrected chi connectivity index (χ0v) is 11.4. The first-order valence-corrected chi connectivity index (χ1v) is 7.38. The van der Waals surface area contributed by atoms with Crippen LogP contribution in [-0.4, -0.2) is 33.8 Å². The fraction of sp³-hybridized carbons (Fsp3) is 0.625. The minimum Gasteiger partial charge on any atom is -0.508 e. The lowest BCUT2D eigenvalue weighted by Gasteiger charge is -2.47. The van der Waals surface area contributed by atoms with E-state index in [0.29, 0.717) is 11.7 Å². The molecule has 2 fully saturated rings. The van der Waals surface area contributed by atoms with E-state index in [1.54, 1.807) is 6.07 Å². The molecule has 3 heteroatoms. The van der Waals surface area contributed by atoms with Gasteiger partial charge >= 0.3 is 0 Å². The third kappa shape index (κ3) is 2.77. The van der Waals surface area contributed by atoms with Gasteiger partial charge in [-0.25, -0.2) is 0 Å². The number of fused-ring (bicyclic) bond motifs is 1. The van der Waals surface area contributed by atoms with Crippen molar-refractivity contribution in [1.29, 1.82) is 0 Å². The first-order valence-electron chi connectivity index (χ1n) is 7.38. The number of aliphatic hydroxyl groups is 1. The van der Waals surface area contributed by atoms with Gasteiger partial charge < -0.3 is 10.2 Å². The average Bonchev–Trinajstić information content (AvgIpc) is 2.39. The van der Waals surface area contributed by atoms with Gasteiger partial charge in [-0.15, -0.1) is 0 Å². The van der Waals surface area contributed by atoms with Crippen LogP contribution in [0.3, 0.4) is 0 Å². The zero-order valence-electron chi connectivity index (χ0n) is 11.4. The molecule has 2 atom stereocenters. The molecule has 1 aliphatic carbocycles. The molecule has 1 aromatic rings. The van der Waals surface area contributed by atoms with Gasteiger partial charge in [-0.3, -0.25) is 4.90 Å². The van der Waals surface area contributed by atoms with Gasteiger partial charge in [0, 0.05) is 25.6 Å². The SMILES string of the molecule is Oc1cccc(CN2CCC3(O)CCCCC3C2)c1. The molecule has 1 saturated heterocycles. The van der Waals surface area contributed by atoms with E-state index in [0.717, 1.165) is 44.5 Å². The van der Waals surface area contributed by atoms with Crippen molar-refractivity contribution >= 4 is 0 Å². The highest BCUT2D eigenvalue weighted by atomic mass is 16.3. The van der Waals surface area contributed by atoms with Gasteiger partial charge in [0.2, 0.25) is 0 Å². The molecule has 1 aliphatic heterocycles. The van der Waals surface area contributed by atoms with Crippen LogP contribution >= 0.6 is 0 Å². The van der Waals surface area contributed by atoms with Crippen molar-refractivity contribution in [3.8, 4) is 5.75 Å². The van der Waals surface area contributed by atoms with E-state index in [2.05, 4.69) is 11.0 Å². The van der Waals surface area contributed by atoms with E-state index in [1.807, 2.05) is 12.1 Å². The van der Waals surface area contributed by atoms with Gasteiger partial charge in [-0.2, -0.15) is 0 Å². The maximum absolute atomic E-state index is 10.7. The van der Waals surface area contributed by atoms with Crippen molar-refractivity contribution in [3.63, 3.8) is 0 Å². The number of phenols is 1. The van der Waals surface area contributed by atoms with E-state index in [9.17, 15) is 10.2 Å². The number of hydrogen-bond donors (Lipinski definition) is 2. The molecule has 0 spiro atoms. The average molecular weight is 261 g/mol. The van der Waals surface area contributed by atoms with Crippen molar-refractivity contribution in [2.24, 2.45) is 5.92 Å². The molecule has 1 aromatic carbocycles. The Bertz CT molecular complexity index is 448. The molecule has 0 bridgehead atoms.